The molecule has 0 saturated heterocycles. The van der Waals surface area contributed by atoms with Crippen molar-refractivity contribution in [1.82, 2.24) is 5.32 Å². The molecule has 0 aliphatic heterocycles. The minimum Gasteiger partial charge on any atom is -0.382 e. The first-order valence-electron chi connectivity index (χ1n) is 5.75. The van der Waals surface area contributed by atoms with Crippen molar-refractivity contribution in [1.29, 1.82) is 0 Å². The van der Waals surface area contributed by atoms with Crippen molar-refractivity contribution in [3.8, 4) is 0 Å². The maximum Gasteiger partial charge on any atom is 0.0480 e. The molecule has 16 heavy (non-hydrogen) atoms. The third-order valence-electron chi connectivity index (χ3n) is 2.59. The van der Waals surface area contributed by atoms with Crippen LogP contribution in [-0.2, 0) is 11.2 Å². The Hall–Kier alpha value is -0.570. The third-order valence-corrected chi connectivity index (χ3v) is 2.83. The average Bonchev–Trinajstić information content (AvgIpc) is 2.28. The predicted octanol–water partition coefficient (Wildman–Crippen LogP) is 2.90. The highest BCUT2D eigenvalue weighted by Crippen LogP contribution is 2.13. The van der Waals surface area contributed by atoms with Crippen LogP contribution in [0.2, 0.25) is 5.02 Å². The Labute approximate surface area is 103 Å². The Balaban J connectivity index is 2.43. The Bertz CT molecular complexity index is 304. The number of ether oxygens (including phenoxy) is 1. The van der Waals surface area contributed by atoms with Crippen molar-refractivity contribution in [3.05, 3.63) is 34.9 Å². The van der Waals surface area contributed by atoms with Crippen molar-refractivity contribution < 1.29 is 4.74 Å². The van der Waals surface area contributed by atoms with E-state index in [2.05, 4.69) is 11.4 Å². The molecule has 1 N–H and O–H groups in total. The van der Waals surface area contributed by atoms with E-state index in [1.54, 1.807) is 0 Å². The second kappa shape index (κ2) is 7.66. The van der Waals surface area contributed by atoms with Gasteiger partial charge in [0.2, 0.25) is 0 Å². The van der Waals surface area contributed by atoms with Crippen LogP contribution in [0.5, 0.6) is 0 Å². The van der Waals surface area contributed by atoms with Crippen LogP contribution in [-0.4, -0.2) is 26.3 Å². The lowest BCUT2D eigenvalue weighted by Gasteiger charge is -2.16. The lowest BCUT2D eigenvalue weighted by molar-refractivity contribution is 0.137. The molecule has 0 heterocycles. The molecule has 1 aromatic carbocycles. The molecule has 0 aliphatic rings. The summed E-state index contributed by atoms with van der Waals surface area (Å²) in [5.74, 6) is 0. The fourth-order valence-corrected chi connectivity index (χ4v) is 1.88. The summed E-state index contributed by atoms with van der Waals surface area (Å²) in [6.07, 6.45) is 2.01. The highest BCUT2D eigenvalue weighted by Gasteiger charge is 2.07. The molecular weight excluding hydrogens is 222 g/mol. The van der Waals surface area contributed by atoms with E-state index in [0.717, 1.165) is 31.1 Å². The van der Waals surface area contributed by atoms with Crippen LogP contribution < -0.4 is 5.32 Å². The summed E-state index contributed by atoms with van der Waals surface area (Å²) in [7, 11) is 1.99. The van der Waals surface area contributed by atoms with Gasteiger partial charge in [-0.2, -0.15) is 0 Å². The van der Waals surface area contributed by atoms with E-state index in [1.807, 2.05) is 32.2 Å². The molecule has 1 aromatic rings. The fraction of sp³-hybridized carbons (Fsp3) is 0.538. The smallest absolute Gasteiger partial charge is 0.0480 e. The van der Waals surface area contributed by atoms with Crippen LogP contribution >= 0.6 is 11.6 Å². The van der Waals surface area contributed by atoms with Gasteiger partial charge >= 0.3 is 0 Å². The Morgan fingerprint density at radius 2 is 2.25 bits per heavy atom. The van der Waals surface area contributed by atoms with Crippen LogP contribution in [0.4, 0.5) is 0 Å². The van der Waals surface area contributed by atoms with Crippen LogP contribution in [0.3, 0.4) is 0 Å². The first kappa shape index (κ1) is 13.5. The molecule has 3 heteroatoms. The number of rotatable bonds is 7. The van der Waals surface area contributed by atoms with Crippen molar-refractivity contribution in [2.75, 3.05) is 20.3 Å². The highest BCUT2D eigenvalue weighted by atomic mass is 35.5. The van der Waals surface area contributed by atoms with Crippen molar-refractivity contribution in [3.63, 3.8) is 0 Å². The molecule has 0 aliphatic carbocycles. The second-order valence-electron chi connectivity index (χ2n) is 3.81. The van der Waals surface area contributed by atoms with E-state index in [0.29, 0.717) is 6.04 Å². The van der Waals surface area contributed by atoms with Crippen LogP contribution in [0.15, 0.2) is 24.3 Å². The minimum absolute atomic E-state index is 0.449. The summed E-state index contributed by atoms with van der Waals surface area (Å²) in [6, 6.07) is 8.47. The first-order chi connectivity index (χ1) is 7.76. The summed E-state index contributed by atoms with van der Waals surface area (Å²) in [5.41, 5.74) is 1.27. The molecule has 2 nitrogen and oxygen atoms in total. The Kier molecular flexibility index (Phi) is 6.46. The zero-order valence-electron chi connectivity index (χ0n) is 10.0. The van der Waals surface area contributed by atoms with Gasteiger partial charge in [0.15, 0.2) is 0 Å². The lowest BCUT2D eigenvalue weighted by Crippen LogP contribution is -2.29. The lowest BCUT2D eigenvalue weighted by atomic mass is 10.0. The number of benzene rings is 1. The Morgan fingerprint density at radius 3 is 2.88 bits per heavy atom. The fourth-order valence-electron chi connectivity index (χ4n) is 1.67. The van der Waals surface area contributed by atoms with E-state index in [-0.39, 0.29) is 0 Å². The quantitative estimate of drug-likeness (QED) is 0.742. The summed E-state index contributed by atoms with van der Waals surface area (Å²) < 4.78 is 5.36. The van der Waals surface area contributed by atoms with Gasteiger partial charge < -0.3 is 10.1 Å². The number of nitrogens with one attached hydrogen (secondary N) is 1. The Morgan fingerprint density at radius 1 is 1.44 bits per heavy atom. The molecule has 0 bridgehead atoms. The van der Waals surface area contributed by atoms with E-state index in [9.17, 15) is 0 Å². The topological polar surface area (TPSA) is 21.3 Å². The maximum absolute atomic E-state index is 5.95. The number of halogens is 1. The number of likely N-dealkylation sites (N-methyl/N-ethyl adjacent to an activating group) is 1. The monoisotopic (exact) mass is 241 g/mol. The summed E-state index contributed by atoms with van der Waals surface area (Å²) >= 11 is 5.95. The van der Waals surface area contributed by atoms with Crippen molar-refractivity contribution in [2.45, 2.75) is 25.8 Å². The molecule has 0 aromatic heterocycles. The third kappa shape index (κ3) is 4.97. The van der Waals surface area contributed by atoms with E-state index in [4.69, 9.17) is 16.3 Å². The van der Waals surface area contributed by atoms with Gasteiger partial charge in [0.1, 0.15) is 0 Å². The van der Waals surface area contributed by atoms with E-state index >= 15 is 0 Å². The summed E-state index contributed by atoms with van der Waals surface area (Å²) in [4.78, 5) is 0. The first-order valence-corrected chi connectivity index (χ1v) is 6.13. The minimum atomic E-state index is 0.449. The van der Waals surface area contributed by atoms with Gasteiger partial charge in [-0.15, -0.1) is 0 Å². The van der Waals surface area contributed by atoms with Gasteiger partial charge in [-0.05, 0) is 44.5 Å². The van der Waals surface area contributed by atoms with Crippen LogP contribution in [0.25, 0.3) is 0 Å². The van der Waals surface area contributed by atoms with Crippen molar-refractivity contribution in [2.24, 2.45) is 0 Å². The van der Waals surface area contributed by atoms with Crippen LogP contribution in [0, 0.1) is 0 Å². The van der Waals surface area contributed by atoms with Gasteiger partial charge in [0.05, 0.1) is 0 Å². The zero-order chi connectivity index (χ0) is 11.8. The predicted molar refractivity (Wildman–Crippen MR) is 69.1 cm³/mol. The van der Waals surface area contributed by atoms with Gasteiger partial charge in [-0.25, -0.2) is 0 Å². The van der Waals surface area contributed by atoms with Gasteiger partial charge in [-0.1, -0.05) is 23.7 Å². The van der Waals surface area contributed by atoms with Gasteiger partial charge in [0, 0.05) is 24.3 Å². The molecule has 0 fully saturated rings. The molecule has 1 unspecified atom stereocenters. The molecule has 1 atom stereocenters. The molecule has 1 rings (SSSR count). The second-order valence-corrected chi connectivity index (χ2v) is 4.24. The molecule has 0 spiro atoms. The van der Waals surface area contributed by atoms with Crippen LogP contribution in [0.1, 0.15) is 18.9 Å². The molecule has 0 saturated carbocycles. The van der Waals surface area contributed by atoms with E-state index in [1.165, 1.54) is 5.56 Å². The number of hydrogen-bond acceptors (Lipinski definition) is 2. The average molecular weight is 242 g/mol. The maximum atomic E-state index is 5.95. The zero-order valence-corrected chi connectivity index (χ0v) is 10.8. The number of hydrogen-bond donors (Lipinski definition) is 1. The van der Waals surface area contributed by atoms with E-state index < -0.39 is 0 Å². The highest BCUT2D eigenvalue weighted by molar-refractivity contribution is 6.30. The standard InChI is InChI=1S/C13H20ClNO/c1-3-16-8-7-13(15-2)10-11-5-4-6-12(14)9-11/h4-6,9,13,15H,3,7-8,10H2,1-2H3. The SMILES string of the molecule is CCOCCC(Cc1cccc(Cl)c1)NC. The van der Waals surface area contributed by atoms with Crippen molar-refractivity contribution >= 4 is 11.6 Å². The molecular formula is C13H20ClNO. The molecule has 0 amide bonds. The molecule has 90 valence electrons. The molecule has 0 radical (unpaired) electrons. The normalized spacial score (nSPS) is 12.7. The van der Waals surface area contributed by atoms with Gasteiger partial charge in [0.25, 0.3) is 0 Å². The summed E-state index contributed by atoms with van der Waals surface area (Å²) in [5, 5.41) is 4.11. The largest absolute Gasteiger partial charge is 0.382 e. The summed E-state index contributed by atoms with van der Waals surface area (Å²) in [6.45, 7) is 3.61. The van der Waals surface area contributed by atoms with Gasteiger partial charge in [-0.3, -0.25) is 0 Å².